The first kappa shape index (κ1) is 14.6. The third-order valence-corrected chi connectivity index (χ3v) is 4.02. The summed E-state index contributed by atoms with van der Waals surface area (Å²) >= 11 is 0. The normalized spacial score (nSPS) is 19.3. The Morgan fingerprint density at radius 1 is 1.32 bits per heavy atom. The van der Waals surface area contributed by atoms with Crippen LogP contribution < -0.4 is 0 Å². The molecule has 22 heavy (non-hydrogen) atoms. The van der Waals surface area contributed by atoms with E-state index < -0.39 is 6.04 Å². The Bertz CT molecular complexity index is 676. The summed E-state index contributed by atoms with van der Waals surface area (Å²) in [5, 5.41) is 0. The lowest BCUT2D eigenvalue weighted by Crippen LogP contribution is -2.58. The number of hydrogen-bond acceptors (Lipinski definition) is 3. The average Bonchev–Trinajstić information content (AvgIpc) is 2.92. The van der Waals surface area contributed by atoms with Gasteiger partial charge in [-0.15, -0.1) is 0 Å². The summed E-state index contributed by atoms with van der Waals surface area (Å²) in [6.07, 6.45) is 4.68. The maximum absolute atomic E-state index is 12.4. The second-order valence-electron chi connectivity index (χ2n) is 5.66. The summed E-state index contributed by atoms with van der Waals surface area (Å²) in [5.41, 5.74) is 1.64. The summed E-state index contributed by atoms with van der Waals surface area (Å²) in [4.78, 5) is 32.5. The lowest BCUT2D eigenvalue weighted by atomic mass is 10.1. The molecule has 116 valence electrons. The number of imidazole rings is 1. The number of pyridine rings is 1. The number of fused-ring (bicyclic) bond motifs is 1. The molecule has 3 rings (SSSR count). The van der Waals surface area contributed by atoms with Crippen molar-refractivity contribution >= 4 is 17.5 Å². The molecule has 6 heteroatoms. The van der Waals surface area contributed by atoms with Crippen LogP contribution in [0.15, 0.2) is 30.6 Å². The van der Waals surface area contributed by atoms with E-state index in [4.69, 9.17) is 0 Å². The third kappa shape index (κ3) is 2.56. The van der Waals surface area contributed by atoms with E-state index in [-0.39, 0.29) is 18.4 Å². The number of nitrogens with zero attached hydrogens (tertiary/aromatic N) is 4. The fraction of sp³-hybridized carbons (Fsp3) is 0.438. The van der Waals surface area contributed by atoms with Gasteiger partial charge < -0.3 is 14.2 Å². The standard InChI is InChI=1S/C16H20N4O2/c1-3-7-19-11-15(21)20(12(2)16(19)22)10-13-9-18-8-5-4-6-14(18)17-13/h4-6,8-9,12H,3,7,10-11H2,1-2H3/t12-/m0/s1. The van der Waals surface area contributed by atoms with Gasteiger partial charge in [0.15, 0.2) is 0 Å². The van der Waals surface area contributed by atoms with Gasteiger partial charge in [0.2, 0.25) is 11.8 Å². The van der Waals surface area contributed by atoms with Crippen molar-refractivity contribution in [3.8, 4) is 0 Å². The second-order valence-corrected chi connectivity index (χ2v) is 5.66. The van der Waals surface area contributed by atoms with Crippen molar-refractivity contribution in [1.29, 1.82) is 0 Å². The zero-order chi connectivity index (χ0) is 15.7. The zero-order valence-electron chi connectivity index (χ0n) is 12.9. The zero-order valence-corrected chi connectivity index (χ0v) is 12.9. The molecule has 0 N–H and O–H groups in total. The van der Waals surface area contributed by atoms with Crippen LogP contribution in [0.3, 0.4) is 0 Å². The Labute approximate surface area is 129 Å². The molecule has 0 aliphatic carbocycles. The van der Waals surface area contributed by atoms with Crippen molar-refractivity contribution in [1.82, 2.24) is 19.2 Å². The highest BCUT2D eigenvalue weighted by Gasteiger charge is 2.36. The van der Waals surface area contributed by atoms with Crippen molar-refractivity contribution in [2.24, 2.45) is 0 Å². The van der Waals surface area contributed by atoms with Gasteiger partial charge in [-0.25, -0.2) is 4.98 Å². The van der Waals surface area contributed by atoms with Crippen LogP contribution in [-0.2, 0) is 16.1 Å². The van der Waals surface area contributed by atoms with E-state index in [0.717, 1.165) is 17.8 Å². The first-order chi connectivity index (χ1) is 10.6. The third-order valence-electron chi connectivity index (χ3n) is 4.02. The Morgan fingerprint density at radius 2 is 2.14 bits per heavy atom. The van der Waals surface area contributed by atoms with Crippen LogP contribution in [0.4, 0.5) is 0 Å². The maximum atomic E-state index is 12.4. The summed E-state index contributed by atoms with van der Waals surface area (Å²) in [6.45, 7) is 4.97. The Kier molecular flexibility index (Phi) is 3.83. The maximum Gasteiger partial charge on any atom is 0.245 e. The largest absolute Gasteiger partial charge is 0.332 e. The van der Waals surface area contributed by atoms with Crippen LogP contribution in [0, 0.1) is 0 Å². The summed E-state index contributed by atoms with van der Waals surface area (Å²) in [7, 11) is 0. The number of hydrogen-bond donors (Lipinski definition) is 0. The number of aromatic nitrogens is 2. The van der Waals surface area contributed by atoms with E-state index in [2.05, 4.69) is 4.98 Å². The highest BCUT2D eigenvalue weighted by Crippen LogP contribution is 2.16. The summed E-state index contributed by atoms with van der Waals surface area (Å²) in [5.74, 6) is 0.00261. The van der Waals surface area contributed by atoms with Gasteiger partial charge in [-0.3, -0.25) is 9.59 Å². The van der Waals surface area contributed by atoms with Crippen molar-refractivity contribution in [2.45, 2.75) is 32.9 Å². The van der Waals surface area contributed by atoms with Crippen LogP contribution in [0.25, 0.3) is 5.65 Å². The molecule has 1 fully saturated rings. The van der Waals surface area contributed by atoms with E-state index in [1.165, 1.54) is 0 Å². The summed E-state index contributed by atoms with van der Waals surface area (Å²) < 4.78 is 1.92. The monoisotopic (exact) mass is 300 g/mol. The van der Waals surface area contributed by atoms with E-state index in [0.29, 0.717) is 13.1 Å². The van der Waals surface area contributed by atoms with Crippen LogP contribution in [0.2, 0.25) is 0 Å². The van der Waals surface area contributed by atoms with Crippen LogP contribution in [0.5, 0.6) is 0 Å². The van der Waals surface area contributed by atoms with Gasteiger partial charge in [-0.2, -0.15) is 0 Å². The van der Waals surface area contributed by atoms with E-state index in [1.54, 1.807) is 16.7 Å². The molecular formula is C16H20N4O2. The fourth-order valence-electron chi connectivity index (χ4n) is 2.87. The van der Waals surface area contributed by atoms with Crippen molar-refractivity contribution in [2.75, 3.05) is 13.1 Å². The van der Waals surface area contributed by atoms with Crippen molar-refractivity contribution in [3.63, 3.8) is 0 Å². The fourth-order valence-corrected chi connectivity index (χ4v) is 2.87. The SMILES string of the molecule is CCCN1CC(=O)N(Cc2cn3ccccc3n2)[C@@H](C)C1=O. The lowest BCUT2D eigenvalue weighted by Gasteiger charge is -2.38. The molecule has 0 aromatic carbocycles. The minimum absolute atomic E-state index is 0.0161. The number of rotatable bonds is 4. The van der Waals surface area contributed by atoms with Crippen LogP contribution in [-0.4, -0.2) is 50.1 Å². The summed E-state index contributed by atoms with van der Waals surface area (Å²) in [6, 6.07) is 5.34. The van der Waals surface area contributed by atoms with Gasteiger partial charge in [-0.1, -0.05) is 13.0 Å². The first-order valence-corrected chi connectivity index (χ1v) is 7.61. The van der Waals surface area contributed by atoms with Gasteiger partial charge in [-0.05, 0) is 25.5 Å². The second kappa shape index (κ2) is 5.79. The Morgan fingerprint density at radius 3 is 2.86 bits per heavy atom. The Balaban J connectivity index is 1.79. The molecule has 0 spiro atoms. The van der Waals surface area contributed by atoms with E-state index in [9.17, 15) is 9.59 Å². The molecule has 2 aromatic heterocycles. The van der Waals surface area contributed by atoms with Crippen LogP contribution in [0.1, 0.15) is 26.0 Å². The average molecular weight is 300 g/mol. The molecule has 1 aliphatic heterocycles. The molecule has 6 nitrogen and oxygen atoms in total. The molecular weight excluding hydrogens is 280 g/mol. The number of piperazine rings is 1. The number of amides is 2. The van der Waals surface area contributed by atoms with Gasteiger partial charge in [0.1, 0.15) is 11.7 Å². The van der Waals surface area contributed by atoms with Gasteiger partial charge >= 0.3 is 0 Å². The predicted molar refractivity (Wildman–Crippen MR) is 82.1 cm³/mol. The van der Waals surface area contributed by atoms with Gasteiger partial charge in [0.05, 0.1) is 18.8 Å². The number of carbonyl (C=O) groups excluding carboxylic acids is 2. The molecule has 1 atom stereocenters. The molecule has 0 bridgehead atoms. The molecule has 2 amide bonds. The van der Waals surface area contributed by atoms with E-state index in [1.807, 2.05) is 41.9 Å². The van der Waals surface area contributed by atoms with Gasteiger partial charge in [0, 0.05) is 18.9 Å². The van der Waals surface area contributed by atoms with Crippen LogP contribution >= 0.6 is 0 Å². The number of carbonyl (C=O) groups is 2. The molecule has 0 saturated carbocycles. The molecule has 0 radical (unpaired) electrons. The molecule has 0 unspecified atom stereocenters. The molecule has 1 aliphatic rings. The minimum atomic E-state index is -0.433. The van der Waals surface area contributed by atoms with E-state index >= 15 is 0 Å². The Hall–Kier alpha value is -2.37. The quantitative estimate of drug-likeness (QED) is 0.855. The van der Waals surface area contributed by atoms with Crippen molar-refractivity contribution in [3.05, 3.63) is 36.3 Å². The smallest absolute Gasteiger partial charge is 0.245 e. The minimum Gasteiger partial charge on any atom is -0.332 e. The van der Waals surface area contributed by atoms with Gasteiger partial charge in [0.25, 0.3) is 0 Å². The molecule has 3 heterocycles. The molecule has 2 aromatic rings. The highest BCUT2D eigenvalue weighted by atomic mass is 16.2. The predicted octanol–water partition coefficient (Wildman–Crippen LogP) is 1.30. The first-order valence-electron chi connectivity index (χ1n) is 7.61. The van der Waals surface area contributed by atoms with Crippen molar-refractivity contribution < 1.29 is 9.59 Å². The topological polar surface area (TPSA) is 57.9 Å². The molecule has 1 saturated heterocycles. The lowest BCUT2D eigenvalue weighted by molar-refractivity contribution is -0.155. The highest BCUT2D eigenvalue weighted by molar-refractivity contribution is 5.94.